The summed E-state index contributed by atoms with van der Waals surface area (Å²) in [5.41, 5.74) is 0. The van der Waals surface area contributed by atoms with Gasteiger partial charge >= 0.3 is 24.0 Å². The molecule has 0 aliphatic rings. The third-order valence-corrected chi connectivity index (χ3v) is 6.53. The van der Waals surface area contributed by atoms with Crippen LogP contribution in [0.25, 0.3) is 0 Å². The van der Waals surface area contributed by atoms with Gasteiger partial charge in [-0.25, -0.2) is 4.79 Å². The van der Waals surface area contributed by atoms with E-state index < -0.39 is 41.9 Å². The Morgan fingerprint density at radius 2 is 1.11 bits per heavy atom. The van der Waals surface area contributed by atoms with Gasteiger partial charge in [0.25, 0.3) is 5.91 Å². The SMILES string of the molecule is CCCCCCCCCCCCCCCCOC(=O)C(NC(=O)C(F)(F)C(F)(F)C(F)(F)F)C(C)CC. The van der Waals surface area contributed by atoms with E-state index >= 15 is 0 Å². The van der Waals surface area contributed by atoms with Crippen molar-refractivity contribution >= 4 is 11.9 Å². The van der Waals surface area contributed by atoms with Crippen molar-refractivity contribution in [3.05, 3.63) is 0 Å². The maximum Gasteiger partial charge on any atom is 0.460 e. The molecule has 4 nitrogen and oxygen atoms in total. The Bertz CT molecular complexity index is 642. The largest absolute Gasteiger partial charge is 0.464 e. The quantitative estimate of drug-likeness (QED) is 0.0886. The fourth-order valence-corrected chi connectivity index (χ4v) is 3.78. The van der Waals surface area contributed by atoms with Crippen molar-refractivity contribution in [1.29, 1.82) is 0 Å². The summed E-state index contributed by atoms with van der Waals surface area (Å²) in [6, 6.07) is -1.78. The average molecular weight is 552 g/mol. The van der Waals surface area contributed by atoms with Crippen LogP contribution >= 0.6 is 0 Å². The van der Waals surface area contributed by atoms with Crippen molar-refractivity contribution in [2.75, 3.05) is 6.61 Å². The molecule has 0 rings (SSSR count). The van der Waals surface area contributed by atoms with E-state index in [-0.39, 0.29) is 13.0 Å². The molecular formula is C26H44F7NO3. The van der Waals surface area contributed by atoms with Crippen molar-refractivity contribution < 1.29 is 45.1 Å². The van der Waals surface area contributed by atoms with Crippen molar-refractivity contribution in [2.45, 2.75) is 141 Å². The normalized spacial score (nSPS) is 14.3. The van der Waals surface area contributed by atoms with Gasteiger partial charge in [0.1, 0.15) is 6.04 Å². The molecule has 0 aromatic heterocycles. The van der Waals surface area contributed by atoms with Gasteiger partial charge in [-0.1, -0.05) is 111 Å². The molecule has 0 saturated heterocycles. The zero-order valence-corrected chi connectivity index (χ0v) is 22.3. The van der Waals surface area contributed by atoms with E-state index in [1.54, 1.807) is 0 Å². The number of halogens is 7. The lowest BCUT2D eigenvalue weighted by molar-refractivity contribution is -0.344. The molecule has 220 valence electrons. The summed E-state index contributed by atoms with van der Waals surface area (Å²) in [6.45, 7) is 5.02. The topological polar surface area (TPSA) is 55.4 Å². The molecule has 0 heterocycles. The standard InChI is InChI=1S/C26H44F7NO3/c1-4-6-7-8-9-10-11-12-13-14-15-16-17-18-19-37-22(35)21(20(3)5-2)34-23(36)24(27,28)25(29,30)26(31,32)33/h20-21H,4-19H2,1-3H3,(H,34,36). The number of esters is 1. The van der Waals surface area contributed by atoms with Crippen LogP contribution in [-0.4, -0.2) is 42.5 Å². The molecule has 11 heteroatoms. The molecule has 0 aliphatic heterocycles. The third kappa shape index (κ3) is 12.7. The fraction of sp³-hybridized carbons (Fsp3) is 0.923. The van der Waals surface area contributed by atoms with Crippen LogP contribution in [0.2, 0.25) is 0 Å². The van der Waals surface area contributed by atoms with Gasteiger partial charge in [0.05, 0.1) is 6.61 Å². The minimum Gasteiger partial charge on any atom is -0.464 e. The smallest absolute Gasteiger partial charge is 0.460 e. The highest BCUT2D eigenvalue weighted by Crippen LogP contribution is 2.46. The summed E-state index contributed by atoms with van der Waals surface area (Å²) in [6.07, 6.45) is 9.15. The molecule has 2 atom stereocenters. The molecule has 0 aliphatic carbocycles. The van der Waals surface area contributed by atoms with E-state index in [0.29, 0.717) is 6.42 Å². The zero-order chi connectivity index (χ0) is 28.5. The molecule has 1 amide bonds. The summed E-state index contributed by atoms with van der Waals surface area (Å²) in [5, 5.41) is 1.34. The summed E-state index contributed by atoms with van der Waals surface area (Å²) < 4.78 is 95.6. The minimum atomic E-state index is -6.64. The summed E-state index contributed by atoms with van der Waals surface area (Å²) >= 11 is 0. The van der Waals surface area contributed by atoms with Gasteiger partial charge in [-0.2, -0.15) is 30.7 Å². The van der Waals surface area contributed by atoms with E-state index in [1.807, 2.05) is 0 Å². The number of carbonyl (C=O) groups is 2. The van der Waals surface area contributed by atoms with Crippen LogP contribution in [0.3, 0.4) is 0 Å². The summed E-state index contributed by atoms with van der Waals surface area (Å²) in [7, 11) is 0. The molecule has 37 heavy (non-hydrogen) atoms. The number of nitrogens with one attached hydrogen (secondary N) is 1. The molecule has 0 saturated carbocycles. The van der Waals surface area contributed by atoms with E-state index in [4.69, 9.17) is 4.74 Å². The van der Waals surface area contributed by atoms with Gasteiger partial charge < -0.3 is 10.1 Å². The van der Waals surface area contributed by atoms with Crippen LogP contribution in [0.4, 0.5) is 30.7 Å². The van der Waals surface area contributed by atoms with Crippen LogP contribution in [0, 0.1) is 5.92 Å². The maximum absolute atomic E-state index is 13.6. The molecule has 0 bridgehead atoms. The average Bonchev–Trinajstić information content (AvgIpc) is 2.83. The molecule has 0 aromatic rings. The molecule has 2 unspecified atom stereocenters. The monoisotopic (exact) mass is 551 g/mol. The van der Waals surface area contributed by atoms with E-state index in [9.17, 15) is 40.3 Å². The van der Waals surface area contributed by atoms with Gasteiger partial charge in [0, 0.05) is 0 Å². The Hall–Kier alpha value is -1.55. The van der Waals surface area contributed by atoms with Crippen LogP contribution < -0.4 is 5.32 Å². The second-order valence-corrected chi connectivity index (χ2v) is 9.75. The zero-order valence-electron chi connectivity index (χ0n) is 22.3. The van der Waals surface area contributed by atoms with Gasteiger partial charge in [-0.3, -0.25) is 4.79 Å². The molecule has 0 radical (unpaired) electrons. The lowest BCUT2D eigenvalue weighted by Crippen LogP contribution is -2.62. The highest BCUT2D eigenvalue weighted by Gasteiger charge is 2.76. The van der Waals surface area contributed by atoms with Crippen molar-refractivity contribution in [3.63, 3.8) is 0 Å². The van der Waals surface area contributed by atoms with Crippen LogP contribution in [-0.2, 0) is 14.3 Å². The molecule has 0 fully saturated rings. The lowest BCUT2D eigenvalue weighted by atomic mass is 9.98. The van der Waals surface area contributed by atoms with E-state index in [0.717, 1.165) is 32.1 Å². The number of rotatable bonds is 21. The molecule has 0 spiro atoms. The van der Waals surface area contributed by atoms with E-state index in [1.165, 1.54) is 70.5 Å². The van der Waals surface area contributed by atoms with Crippen LogP contribution in [0.5, 0.6) is 0 Å². The first kappa shape index (κ1) is 35.5. The number of carbonyl (C=O) groups excluding carboxylic acids is 2. The summed E-state index contributed by atoms with van der Waals surface area (Å²) in [4.78, 5) is 24.0. The lowest BCUT2D eigenvalue weighted by Gasteiger charge is -2.29. The molecular weight excluding hydrogens is 507 g/mol. The Labute approximate surface area is 216 Å². The third-order valence-electron chi connectivity index (χ3n) is 6.53. The van der Waals surface area contributed by atoms with Gasteiger partial charge in [-0.15, -0.1) is 0 Å². The van der Waals surface area contributed by atoms with Crippen molar-refractivity contribution in [1.82, 2.24) is 5.32 Å². The summed E-state index contributed by atoms with van der Waals surface area (Å²) in [5.74, 6) is -17.5. The van der Waals surface area contributed by atoms with Crippen molar-refractivity contribution in [3.8, 4) is 0 Å². The first-order valence-electron chi connectivity index (χ1n) is 13.5. The van der Waals surface area contributed by atoms with Crippen LogP contribution in [0.15, 0.2) is 0 Å². The Kier molecular flexibility index (Phi) is 17.1. The first-order valence-corrected chi connectivity index (χ1v) is 13.5. The number of amides is 1. The highest BCUT2D eigenvalue weighted by molar-refractivity contribution is 5.89. The van der Waals surface area contributed by atoms with E-state index in [2.05, 4.69) is 6.92 Å². The molecule has 0 aromatic carbocycles. The molecule has 1 N–H and O–H groups in total. The minimum absolute atomic E-state index is 0.0746. The maximum atomic E-state index is 13.6. The predicted molar refractivity (Wildman–Crippen MR) is 129 cm³/mol. The number of ether oxygens (including phenoxy) is 1. The van der Waals surface area contributed by atoms with Gasteiger partial charge in [-0.05, 0) is 12.3 Å². The number of alkyl halides is 7. The first-order chi connectivity index (χ1) is 17.2. The van der Waals surface area contributed by atoms with Gasteiger partial charge in [0.15, 0.2) is 0 Å². The van der Waals surface area contributed by atoms with Gasteiger partial charge in [0.2, 0.25) is 0 Å². The Morgan fingerprint density at radius 3 is 1.49 bits per heavy atom. The number of hydrogen-bond acceptors (Lipinski definition) is 3. The van der Waals surface area contributed by atoms with Crippen LogP contribution in [0.1, 0.15) is 117 Å². The Balaban J connectivity index is 4.31. The predicted octanol–water partition coefficient (Wildman–Crippen LogP) is 8.37. The second kappa shape index (κ2) is 17.9. The Morgan fingerprint density at radius 1 is 0.703 bits per heavy atom. The highest BCUT2D eigenvalue weighted by atomic mass is 19.4. The number of unbranched alkanes of at least 4 members (excludes halogenated alkanes) is 13. The fourth-order valence-electron chi connectivity index (χ4n) is 3.78. The second-order valence-electron chi connectivity index (χ2n) is 9.75. The van der Waals surface area contributed by atoms with Crippen molar-refractivity contribution in [2.24, 2.45) is 5.92 Å². The number of hydrogen-bond donors (Lipinski definition) is 1.